The van der Waals surface area contributed by atoms with Crippen LogP contribution in [0, 0.1) is 5.92 Å². The maximum Gasteiger partial charge on any atom is 0.103 e. The molecule has 15 heavy (non-hydrogen) atoms. The Bertz CT molecular complexity index is 467. The summed E-state index contributed by atoms with van der Waals surface area (Å²) in [4.78, 5) is 1.32. The first-order chi connectivity index (χ1) is 7.38. The maximum absolute atomic E-state index is 9.33. The van der Waals surface area contributed by atoms with Crippen molar-refractivity contribution in [2.75, 3.05) is 0 Å². The lowest BCUT2D eigenvalue weighted by atomic mass is 9.85. The van der Waals surface area contributed by atoms with E-state index in [2.05, 4.69) is 22.1 Å². The quantitative estimate of drug-likeness (QED) is 0.847. The third-order valence-corrected chi connectivity index (χ3v) is 4.37. The van der Waals surface area contributed by atoms with Crippen molar-refractivity contribution in [1.29, 1.82) is 0 Å². The number of hydrogen-bond acceptors (Lipinski definition) is 2. The van der Waals surface area contributed by atoms with E-state index in [0.717, 1.165) is 18.2 Å². The lowest BCUT2D eigenvalue weighted by molar-refractivity contribution is 0.248. The SMILES string of the molecule is OCc1cc2ccsc2n1CC1CCC1. The van der Waals surface area contributed by atoms with Crippen molar-refractivity contribution in [3.8, 4) is 0 Å². The first kappa shape index (κ1) is 9.43. The van der Waals surface area contributed by atoms with Crippen molar-refractivity contribution in [2.45, 2.75) is 32.4 Å². The molecule has 0 aliphatic heterocycles. The maximum atomic E-state index is 9.33. The first-order valence-electron chi connectivity index (χ1n) is 5.55. The molecule has 1 saturated carbocycles. The van der Waals surface area contributed by atoms with Crippen molar-refractivity contribution < 1.29 is 5.11 Å². The van der Waals surface area contributed by atoms with Gasteiger partial charge in [0.25, 0.3) is 0 Å². The van der Waals surface area contributed by atoms with E-state index in [9.17, 15) is 5.11 Å². The number of rotatable bonds is 3. The van der Waals surface area contributed by atoms with Crippen LogP contribution in [0.4, 0.5) is 0 Å². The topological polar surface area (TPSA) is 25.2 Å². The highest BCUT2D eigenvalue weighted by atomic mass is 32.1. The molecule has 2 heterocycles. The van der Waals surface area contributed by atoms with E-state index in [0.29, 0.717) is 0 Å². The van der Waals surface area contributed by atoms with Crippen LogP contribution in [-0.2, 0) is 13.2 Å². The van der Waals surface area contributed by atoms with Crippen LogP contribution < -0.4 is 0 Å². The van der Waals surface area contributed by atoms with Gasteiger partial charge in [0.2, 0.25) is 0 Å². The summed E-state index contributed by atoms with van der Waals surface area (Å²) in [6.07, 6.45) is 4.10. The summed E-state index contributed by atoms with van der Waals surface area (Å²) in [5.74, 6) is 0.841. The van der Waals surface area contributed by atoms with Crippen LogP contribution in [-0.4, -0.2) is 9.67 Å². The third-order valence-electron chi connectivity index (χ3n) is 3.42. The molecule has 80 valence electrons. The van der Waals surface area contributed by atoms with E-state index >= 15 is 0 Å². The molecule has 1 aliphatic rings. The van der Waals surface area contributed by atoms with Gasteiger partial charge >= 0.3 is 0 Å². The Balaban J connectivity index is 1.99. The smallest absolute Gasteiger partial charge is 0.103 e. The van der Waals surface area contributed by atoms with Crippen LogP contribution >= 0.6 is 11.3 Å². The average Bonchev–Trinajstić information content (AvgIpc) is 2.71. The Hall–Kier alpha value is -0.800. The Labute approximate surface area is 93.2 Å². The summed E-state index contributed by atoms with van der Waals surface area (Å²) >= 11 is 1.78. The van der Waals surface area contributed by atoms with Gasteiger partial charge in [0.1, 0.15) is 4.83 Å². The molecule has 2 nitrogen and oxygen atoms in total. The number of aliphatic hydroxyl groups is 1. The molecule has 0 unspecified atom stereocenters. The highest BCUT2D eigenvalue weighted by Gasteiger charge is 2.20. The Morgan fingerprint density at radius 1 is 1.47 bits per heavy atom. The fourth-order valence-electron chi connectivity index (χ4n) is 2.29. The van der Waals surface area contributed by atoms with Crippen molar-refractivity contribution in [3.05, 3.63) is 23.2 Å². The molecule has 0 saturated heterocycles. The number of thiophene rings is 1. The van der Waals surface area contributed by atoms with E-state index in [1.54, 1.807) is 11.3 Å². The second kappa shape index (κ2) is 3.65. The van der Waals surface area contributed by atoms with Crippen LogP contribution in [0.25, 0.3) is 10.2 Å². The van der Waals surface area contributed by atoms with Crippen LogP contribution in [0.1, 0.15) is 25.0 Å². The standard InChI is InChI=1S/C12H15NOS/c14-8-11-6-10-4-5-15-12(10)13(11)7-9-2-1-3-9/h4-6,9,14H,1-3,7-8H2. The molecule has 1 N–H and O–H groups in total. The second-order valence-corrected chi connectivity index (χ2v) is 5.28. The molecular weight excluding hydrogens is 206 g/mol. The van der Waals surface area contributed by atoms with Gasteiger partial charge in [-0.25, -0.2) is 0 Å². The van der Waals surface area contributed by atoms with Gasteiger partial charge in [-0.15, -0.1) is 11.3 Å². The summed E-state index contributed by atoms with van der Waals surface area (Å²) in [5, 5.41) is 12.7. The zero-order valence-corrected chi connectivity index (χ0v) is 9.46. The first-order valence-corrected chi connectivity index (χ1v) is 6.43. The average molecular weight is 221 g/mol. The molecule has 1 aliphatic carbocycles. The molecule has 0 aromatic carbocycles. The number of aliphatic hydroxyl groups excluding tert-OH is 1. The zero-order valence-electron chi connectivity index (χ0n) is 8.65. The van der Waals surface area contributed by atoms with Gasteiger partial charge in [-0.3, -0.25) is 0 Å². The molecule has 1 fully saturated rings. The van der Waals surface area contributed by atoms with Gasteiger partial charge in [-0.1, -0.05) is 6.42 Å². The van der Waals surface area contributed by atoms with E-state index in [1.807, 2.05) is 0 Å². The Kier molecular flexibility index (Phi) is 2.29. The summed E-state index contributed by atoms with van der Waals surface area (Å²) in [6.45, 7) is 1.26. The van der Waals surface area contributed by atoms with Gasteiger partial charge < -0.3 is 9.67 Å². The molecular formula is C12H15NOS. The fraction of sp³-hybridized carbons (Fsp3) is 0.500. The van der Waals surface area contributed by atoms with Crippen molar-refractivity contribution in [3.63, 3.8) is 0 Å². The molecule has 2 aromatic rings. The monoisotopic (exact) mass is 221 g/mol. The predicted molar refractivity (Wildman–Crippen MR) is 63.1 cm³/mol. The summed E-state index contributed by atoms with van der Waals surface area (Å²) in [5.41, 5.74) is 1.07. The molecule has 0 amide bonds. The Morgan fingerprint density at radius 3 is 3.00 bits per heavy atom. The van der Waals surface area contributed by atoms with E-state index in [-0.39, 0.29) is 6.61 Å². The lowest BCUT2D eigenvalue weighted by Crippen LogP contribution is -2.18. The molecule has 0 spiro atoms. The second-order valence-electron chi connectivity index (χ2n) is 4.38. The number of fused-ring (bicyclic) bond motifs is 1. The van der Waals surface area contributed by atoms with E-state index < -0.39 is 0 Å². The van der Waals surface area contributed by atoms with Crippen LogP contribution in [0.5, 0.6) is 0 Å². The summed E-state index contributed by atoms with van der Waals surface area (Å²) < 4.78 is 2.31. The molecule has 0 bridgehead atoms. The van der Waals surface area contributed by atoms with Crippen molar-refractivity contribution in [1.82, 2.24) is 4.57 Å². The van der Waals surface area contributed by atoms with Gasteiger partial charge in [-0.05, 0) is 36.3 Å². The summed E-state index contributed by atoms with van der Waals surface area (Å²) in [6, 6.07) is 4.25. The molecule has 2 aromatic heterocycles. The number of hydrogen-bond donors (Lipinski definition) is 1. The minimum atomic E-state index is 0.161. The number of aromatic nitrogens is 1. The fourth-order valence-corrected chi connectivity index (χ4v) is 3.22. The number of nitrogens with zero attached hydrogens (tertiary/aromatic N) is 1. The third kappa shape index (κ3) is 1.50. The highest BCUT2D eigenvalue weighted by molar-refractivity contribution is 7.16. The molecule has 3 heteroatoms. The van der Waals surface area contributed by atoms with Crippen molar-refractivity contribution in [2.24, 2.45) is 5.92 Å². The van der Waals surface area contributed by atoms with E-state index in [4.69, 9.17) is 0 Å². The van der Waals surface area contributed by atoms with Gasteiger partial charge in [-0.2, -0.15) is 0 Å². The predicted octanol–water partition coefficient (Wildman–Crippen LogP) is 3.00. The molecule has 3 rings (SSSR count). The van der Waals surface area contributed by atoms with Crippen LogP contribution in [0.15, 0.2) is 17.5 Å². The Morgan fingerprint density at radius 2 is 2.33 bits per heavy atom. The minimum Gasteiger partial charge on any atom is -0.390 e. The van der Waals surface area contributed by atoms with E-state index in [1.165, 1.54) is 29.5 Å². The normalized spacial score (nSPS) is 17.1. The van der Waals surface area contributed by atoms with Gasteiger partial charge in [0.05, 0.1) is 6.61 Å². The largest absolute Gasteiger partial charge is 0.390 e. The lowest BCUT2D eigenvalue weighted by Gasteiger charge is -2.26. The van der Waals surface area contributed by atoms with Gasteiger partial charge in [0.15, 0.2) is 0 Å². The molecule has 0 radical (unpaired) electrons. The minimum absolute atomic E-state index is 0.161. The van der Waals surface area contributed by atoms with Crippen molar-refractivity contribution >= 4 is 21.6 Å². The van der Waals surface area contributed by atoms with Crippen LogP contribution in [0.2, 0.25) is 0 Å². The molecule has 0 atom stereocenters. The highest BCUT2D eigenvalue weighted by Crippen LogP contribution is 2.32. The van der Waals surface area contributed by atoms with Gasteiger partial charge in [0, 0.05) is 17.6 Å². The zero-order chi connectivity index (χ0) is 10.3. The van der Waals surface area contributed by atoms with Crippen LogP contribution in [0.3, 0.4) is 0 Å². The summed E-state index contributed by atoms with van der Waals surface area (Å²) in [7, 11) is 0.